The van der Waals surface area contributed by atoms with Crippen LogP contribution in [0, 0.1) is 0 Å². The molecular formula is C18H21N3O3. The fraction of sp³-hybridized carbons (Fsp3) is 0.556. The number of rotatable bonds is 4. The molecular weight excluding hydrogens is 306 g/mol. The Hall–Kier alpha value is -2.08. The van der Waals surface area contributed by atoms with E-state index < -0.39 is 0 Å². The van der Waals surface area contributed by atoms with Crippen LogP contribution in [-0.2, 0) is 11.3 Å². The molecule has 0 bridgehead atoms. The van der Waals surface area contributed by atoms with Gasteiger partial charge in [0, 0.05) is 25.0 Å². The second-order valence-electron chi connectivity index (χ2n) is 6.83. The van der Waals surface area contributed by atoms with Crippen molar-refractivity contribution >= 4 is 0 Å². The van der Waals surface area contributed by atoms with Gasteiger partial charge in [0.1, 0.15) is 5.82 Å². The summed E-state index contributed by atoms with van der Waals surface area (Å²) in [5.74, 6) is 4.82. The topological polar surface area (TPSA) is 58.4 Å². The molecule has 2 fully saturated rings. The third-order valence-corrected chi connectivity index (χ3v) is 5.01. The first kappa shape index (κ1) is 14.3. The minimum absolute atomic E-state index is 0.309. The lowest BCUT2D eigenvalue weighted by Crippen LogP contribution is -2.15. The predicted octanol–water partition coefficient (Wildman–Crippen LogP) is 2.83. The molecule has 6 heteroatoms. The van der Waals surface area contributed by atoms with E-state index >= 15 is 0 Å². The second-order valence-corrected chi connectivity index (χ2v) is 6.83. The van der Waals surface area contributed by atoms with Gasteiger partial charge >= 0.3 is 0 Å². The molecule has 6 nitrogen and oxygen atoms in total. The zero-order chi connectivity index (χ0) is 15.9. The van der Waals surface area contributed by atoms with Gasteiger partial charge in [-0.05, 0) is 43.4 Å². The molecule has 3 heterocycles. The Morgan fingerprint density at radius 3 is 2.67 bits per heavy atom. The molecule has 0 unspecified atom stereocenters. The highest BCUT2D eigenvalue weighted by Gasteiger charge is 2.31. The molecule has 0 radical (unpaired) electrons. The highest BCUT2D eigenvalue weighted by atomic mass is 16.7. The van der Waals surface area contributed by atoms with Crippen LogP contribution in [-0.4, -0.2) is 34.8 Å². The van der Waals surface area contributed by atoms with Crippen molar-refractivity contribution in [2.24, 2.45) is 0 Å². The van der Waals surface area contributed by atoms with Gasteiger partial charge in [-0.3, -0.25) is 0 Å². The summed E-state index contributed by atoms with van der Waals surface area (Å²) < 4.78 is 18.4. The van der Waals surface area contributed by atoms with Gasteiger partial charge in [0.05, 0.1) is 6.54 Å². The number of ether oxygens (including phenoxy) is 3. The molecule has 0 amide bonds. The highest BCUT2D eigenvalue weighted by molar-refractivity contribution is 5.44. The van der Waals surface area contributed by atoms with E-state index in [-0.39, 0.29) is 0 Å². The van der Waals surface area contributed by atoms with Crippen LogP contribution in [0.1, 0.15) is 54.7 Å². The van der Waals surface area contributed by atoms with E-state index in [2.05, 4.69) is 16.8 Å². The summed E-state index contributed by atoms with van der Waals surface area (Å²) in [6, 6.07) is 6.11. The van der Waals surface area contributed by atoms with Gasteiger partial charge in [-0.15, -0.1) is 0 Å². The number of fused-ring (bicyclic) bond motifs is 1. The van der Waals surface area contributed by atoms with Crippen LogP contribution in [0.4, 0.5) is 0 Å². The first-order valence-corrected chi connectivity index (χ1v) is 8.78. The van der Waals surface area contributed by atoms with Crippen molar-refractivity contribution in [3.05, 3.63) is 35.4 Å². The Kier molecular flexibility index (Phi) is 3.43. The maximum Gasteiger partial charge on any atom is 0.231 e. The second kappa shape index (κ2) is 5.77. The fourth-order valence-corrected chi connectivity index (χ4v) is 3.47. The summed E-state index contributed by atoms with van der Waals surface area (Å²) in [5, 5.41) is 4.86. The number of benzene rings is 1. The van der Waals surface area contributed by atoms with Crippen molar-refractivity contribution in [1.82, 2.24) is 14.8 Å². The molecule has 5 rings (SSSR count). The van der Waals surface area contributed by atoms with E-state index in [0.29, 0.717) is 18.6 Å². The van der Waals surface area contributed by atoms with Gasteiger partial charge in [-0.1, -0.05) is 6.07 Å². The maximum atomic E-state index is 5.49. The molecule has 1 aromatic carbocycles. The molecule has 24 heavy (non-hydrogen) atoms. The number of hydrogen-bond donors (Lipinski definition) is 0. The van der Waals surface area contributed by atoms with Gasteiger partial charge < -0.3 is 14.2 Å². The van der Waals surface area contributed by atoms with Gasteiger partial charge in [0.25, 0.3) is 0 Å². The number of aromatic nitrogens is 3. The van der Waals surface area contributed by atoms with Gasteiger partial charge in [0.2, 0.25) is 6.79 Å². The molecule has 2 aliphatic heterocycles. The molecule has 0 spiro atoms. The predicted molar refractivity (Wildman–Crippen MR) is 86.5 cm³/mol. The van der Waals surface area contributed by atoms with E-state index in [4.69, 9.17) is 24.3 Å². The Balaban J connectivity index is 1.42. The summed E-state index contributed by atoms with van der Waals surface area (Å²) in [6.07, 6.45) is 4.51. The first-order chi connectivity index (χ1) is 11.9. The highest BCUT2D eigenvalue weighted by Crippen LogP contribution is 2.40. The lowest BCUT2D eigenvalue weighted by Gasteiger charge is -2.18. The van der Waals surface area contributed by atoms with E-state index in [1.165, 1.54) is 18.4 Å². The summed E-state index contributed by atoms with van der Waals surface area (Å²) >= 11 is 0. The van der Waals surface area contributed by atoms with E-state index in [1.54, 1.807) is 0 Å². The van der Waals surface area contributed by atoms with Crippen LogP contribution >= 0.6 is 0 Å². The van der Waals surface area contributed by atoms with Crippen LogP contribution in [0.15, 0.2) is 18.2 Å². The normalized spacial score (nSPS) is 20.5. The summed E-state index contributed by atoms with van der Waals surface area (Å²) in [7, 11) is 0. The monoisotopic (exact) mass is 327 g/mol. The zero-order valence-electron chi connectivity index (χ0n) is 13.6. The zero-order valence-corrected chi connectivity index (χ0v) is 13.6. The Morgan fingerprint density at radius 2 is 1.83 bits per heavy atom. The fourth-order valence-electron chi connectivity index (χ4n) is 3.47. The van der Waals surface area contributed by atoms with Crippen LogP contribution in [0.25, 0.3) is 0 Å². The van der Waals surface area contributed by atoms with Crippen LogP contribution in [0.3, 0.4) is 0 Å². The van der Waals surface area contributed by atoms with Crippen molar-refractivity contribution in [2.45, 2.75) is 44.1 Å². The summed E-state index contributed by atoms with van der Waals surface area (Å²) in [5.41, 5.74) is 1.17. The Bertz CT molecular complexity index is 748. The molecule has 1 aliphatic carbocycles. The molecule has 2 aromatic rings. The third kappa shape index (κ3) is 2.65. The minimum atomic E-state index is 0.309. The third-order valence-electron chi connectivity index (χ3n) is 5.01. The molecule has 126 valence electrons. The lowest BCUT2D eigenvalue weighted by molar-refractivity contribution is 0.0835. The van der Waals surface area contributed by atoms with Crippen LogP contribution in [0.2, 0.25) is 0 Å². The van der Waals surface area contributed by atoms with Gasteiger partial charge in [-0.2, -0.15) is 5.10 Å². The number of nitrogens with zero attached hydrogens (tertiary/aromatic N) is 3. The molecule has 0 atom stereocenters. The van der Waals surface area contributed by atoms with Crippen molar-refractivity contribution in [3.8, 4) is 11.5 Å². The smallest absolute Gasteiger partial charge is 0.231 e. The average Bonchev–Trinajstić information content (AvgIpc) is 3.21. The van der Waals surface area contributed by atoms with Crippen molar-refractivity contribution in [3.63, 3.8) is 0 Å². The molecule has 1 saturated heterocycles. The van der Waals surface area contributed by atoms with Gasteiger partial charge in [-0.25, -0.2) is 9.67 Å². The summed E-state index contributed by atoms with van der Waals surface area (Å²) in [6.45, 7) is 2.68. The Morgan fingerprint density at radius 1 is 1.00 bits per heavy atom. The molecule has 3 aliphatic rings. The van der Waals surface area contributed by atoms with E-state index in [9.17, 15) is 0 Å². The van der Waals surface area contributed by atoms with Crippen molar-refractivity contribution in [2.75, 3.05) is 20.0 Å². The van der Waals surface area contributed by atoms with E-state index in [0.717, 1.165) is 55.7 Å². The summed E-state index contributed by atoms with van der Waals surface area (Å²) in [4.78, 5) is 4.90. The average molecular weight is 327 g/mol. The SMILES string of the molecule is c1cc2c(cc1Cn1nc(C3CCOCC3)nc1C1CC1)OCO2. The number of hydrogen-bond acceptors (Lipinski definition) is 5. The van der Waals surface area contributed by atoms with Crippen LogP contribution in [0.5, 0.6) is 11.5 Å². The minimum Gasteiger partial charge on any atom is -0.454 e. The standard InChI is InChI=1S/C18H21N3O3/c1-4-15-16(24-11-23-15)9-12(1)10-21-18(14-2-3-14)19-17(20-21)13-5-7-22-8-6-13/h1,4,9,13-14H,2-3,5-8,10-11H2. The largest absolute Gasteiger partial charge is 0.454 e. The lowest BCUT2D eigenvalue weighted by atomic mass is 10.00. The van der Waals surface area contributed by atoms with E-state index in [1.807, 2.05) is 6.07 Å². The molecule has 1 aromatic heterocycles. The van der Waals surface area contributed by atoms with Gasteiger partial charge in [0.15, 0.2) is 17.3 Å². The maximum absolute atomic E-state index is 5.49. The molecule has 1 saturated carbocycles. The first-order valence-electron chi connectivity index (χ1n) is 8.78. The molecule has 0 N–H and O–H groups in total. The Labute approximate surface area is 140 Å². The van der Waals surface area contributed by atoms with Crippen LogP contribution < -0.4 is 9.47 Å². The quantitative estimate of drug-likeness (QED) is 0.864. The van der Waals surface area contributed by atoms with Crippen molar-refractivity contribution in [1.29, 1.82) is 0 Å². The van der Waals surface area contributed by atoms with Crippen molar-refractivity contribution < 1.29 is 14.2 Å².